The molecule has 6 heteroatoms. The molecule has 5 rings (SSSR count). The van der Waals surface area contributed by atoms with Crippen molar-refractivity contribution < 1.29 is 4.39 Å². The topological polar surface area (TPSA) is 17.8 Å². The summed E-state index contributed by atoms with van der Waals surface area (Å²) >= 11 is 10.4. The molecule has 2 nitrogen and oxygen atoms in total. The Balaban J connectivity index is 1.94. The summed E-state index contributed by atoms with van der Waals surface area (Å²) in [5, 5.41) is 3.89. The van der Waals surface area contributed by atoms with Crippen LogP contribution in [0.25, 0.3) is 22.4 Å². The lowest BCUT2D eigenvalue weighted by Crippen LogP contribution is -2.57. The summed E-state index contributed by atoms with van der Waals surface area (Å²) in [4.78, 5) is 4.25. The van der Waals surface area contributed by atoms with Gasteiger partial charge in [-0.2, -0.15) is 0 Å². The molecule has 0 amide bonds. The van der Waals surface area contributed by atoms with Crippen molar-refractivity contribution >= 4 is 52.0 Å². The zero-order chi connectivity index (χ0) is 26.2. The third-order valence-corrected chi connectivity index (χ3v) is 10.5. The summed E-state index contributed by atoms with van der Waals surface area (Å²) in [6.07, 6.45) is 3.61. The molecule has 0 spiro atoms. The van der Waals surface area contributed by atoms with Crippen molar-refractivity contribution in [2.24, 2.45) is 0 Å². The summed E-state index contributed by atoms with van der Waals surface area (Å²) in [5.74, 6) is -0.428. The molecule has 2 heterocycles. The molecule has 0 aliphatic heterocycles. The molecule has 0 unspecified atom stereocenters. The van der Waals surface area contributed by atoms with E-state index in [1.54, 1.807) is 18.5 Å². The van der Waals surface area contributed by atoms with Crippen LogP contribution in [0.15, 0.2) is 108 Å². The van der Waals surface area contributed by atoms with Crippen LogP contribution >= 0.6 is 27.5 Å². The Morgan fingerprint density at radius 2 is 1.38 bits per heavy atom. The van der Waals surface area contributed by atoms with Crippen molar-refractivity contribution in [1.29, 1.82) is 0 Å². The van der Waals surface area contributed by atoms with Crippen LogP contribution in [0.4, 0.5) is 4.39 Å². The monoisotopic (exact) mass is 587 g/mol. The van der Waals surface area contributed by atoms with Crippen molar-refractivity contribution in [3.05, 3.63) is 119 Å². The summed E-state index contributed by atoms with van der Waals surface area (Å²) in [6.45, 7) is 6.64. The van der Waals surface area contributed by atoms with E-state index < -0.39 is 14.6 Å². The molecule has 3 aromatic carbocycles. The van der Waals surface area contributed by atoms with Crippen LogP contribution < -0.4 is 15.7 Å². The Kier molecular flexibility index (Phi) is 7.21. The van der Waals surface area contributed by atoms with Gasteiger partial charge in [0.15, 0.2) is 8.80 Å². The second-order valence-corrected chi connectivity index (χ2v) is 13.4. The van der Waals surface area contributed by atoms with Gasteiger partial charge in [-0.05, 0) is 83.0 Å². The molecule has 0 saturated heterocycles. The highest BCUT2D eigenvalue weighted by molar-refractivity contribution is 9.10. The minimum Gasteiger partial charge on any atom is -0.341 e. The molecule has 0 bridgehead atoms. The van der Waals surface area contributed by atoms with E-state index in [2.05, 4.69) is 107 Å². The molecule has 0 aliphatic carbocycles. The molecule has 0 atom stereocenters. The van der Waals surface area contributed by atoms with Crippen molar-refractivity contribution in [1.82, 2.24) is 9.55 Å². The van der Waals surface area contributed by atoms with Gasteiger partial charge in [0.05, 0.1) is 10.7 Å². The SMILES string of the molecule is CC(C)(C)n1c(-c2ccc(F)c(Cl)c2)c(-c2ccncc2)c(Br)c1[Si](c1ccccc1)c1ccccc1. The standard InChI is InChI=1S/C31H26BrClFN2Si/c1-31(2,3)36-29(22-14-15-26(34)25(33)20-22)27(21-16-18-35-19-17-21)28(32)30(36)37(23-10-6-4-7-11-23)24-12-8-5-9-13-24/h4-20H,1-3H3. The number of benzene rings is 3. The maximum absolute atomic E-state index is 14.3. The first-order valence-corrected chi connectivity index (χ1v) is 14.7. The lowest BCUT2D eigenvalue weighted by Gasteiger charge is -2.31. The molecule has 0 fully saturated rings. The molecule has 5 aromatic rings. The van der Waals surface area contributed by atoms with Crippen LogP contribution in [0.3, 0.4) is 0 Å². The highest BCUT2D eigenvalue weighted by Gasteiger charge is 2.35. The predicted molar refractivity (Wildman–Crippen MR) is 158 cm³/mol. The van der Waals surface area contributed by atoms with E-state index >= 15 is 0 Å². The summed E-state index contributed by atoms with van der Waals surface area (Å²) in [6, 6.07) is 30.4. The number of rotatable bonds is 5. The fourth-order valence-corrected chi connectivity index (χ4v) is 9.10. The third-order valence-electron chi connectivity index (χ3n) is 6.31. The number of pyridine rings is 1. The van der Waals surface area contributed by atoms with Crippen LogP contribution in [0, 0.1) is 5.82 Å². The maximum Gasteiger partial charge on any atom is 0.178 e. The second kappa shape index (κ2) is 10.4. The molecule has 0 aliphatic rings. The van der Waals surface area contributed by atoms with Crippen LogP contribution in [0.5, 0.6) is 0 Å². The lowest BCUT2D eigenvalue weighted by atomic mass is 10.0. The first-order chi connectivity index (χ1) is 17.8. The van der Waals surface area contributed by atoms with Gasteiger partial charge in [-0.3, -0.25) is 4.98 Å². The van der Waals surface area contributed by atoms with E-state index in [1.165, 1.54) is 21.8 Å². The number of halogens is 3. The average Bonchev–Trinajstić information content (AvgIpc) is 3.21. The molecule has 2 aromatic heterocycles. The van der Waals surface area contributed by atoms with Gasteiger partial charge < -0.3 is 4.57 Å². The highest BCUT2D eigenvalue weighted by Crippen LogP contribution is 2.42. The quantitative estimate of drug-likeness (QED) is 0.201. The Morgan fingerprint density at radius 3 is 1.89 bits per heavy atom. The van der Waals surface area contributed by atoms with Gasteiger partial charge in [-0.25, -0.2) is 4.39 Å². The van der Waals surface area contributed by atoms with E-state index in [0.717, 1.165) is 26.9 Å². The molecular formula is C31H26BrClFN2Si. The van der Waals surface area contributed by atoms with E-state index in [-0.39, 0.29) is 10.6 Å². The number of hydrogen-bond donors (Lipinski definition) is 0. The van der Waals surface area contributed by atoms with Crippen molar-refractivity contribution in [3.63, 3.8) is 0 Å². The molecule has 0 saturated carbocycles. The van der Waals surface area contributed by atoms with E-state index in [1.807, 2.05) is 18.2 Å². The zero-order valence-electron chi connectivity index (χ0n) is 20.8. The maximum atomic E-state index is 14.3. The second-order valence-electron chi connectivity index (χ2n) is 9.86. The largest absolute Gasteiger partial charge is 0.341 e. The van der Waals surface area contributed by atoms with Gasteiger partial charge >= 0.3 is 0 Å². The fraction of sp³-hybridized carbons (Fsp3) is 0.129. The molecular weight excluding hydrogens is 563 g/mol. The molecule has 0 N–H and O–H groups in total. The minimum absolute atomic E-state index is 0.106. The number of hydrogen-bond acceptors (Lipinski definition) is 1. The first-order valence-electron chi connectivity index (χ1n) is 12.1. The van der Waals surface area contributed by atoms with Crippen molar-refractivity contribution in [2.45, 2.75) is 26.3 Å². The molecule has 185 valence electrons. The van der Waals surface area contributed by atoms with E-state index in [0.29, 0.717) is 0 Å². The first kappa shape index (κ1) is 25.6. The lowest BCUT2D eigenvalue weighted by molar-refractivity contribution is 0.411. The summed E-state index contributed by atoms with van der Waals surface area (Å²) in [7, 11) is -1.46. The smallest absolute Gasteiger partial charge is 0.178 e. The van der Waals surface area contributed by atoms with Gasteiger partial charge in [0.2, 0.25) is 0 Å². The van der Waals surface area contributed by atoms with Gasteiger partial charge in [-0.15, -0.1) is 0 Å². The van der Waals surface area contributed by atoms with Gasteiger partial charge in [-0.1, -0.05) is 72.3 Å². The Morgan fingerprint density at radius 1 is 0.811 bits per heavy atom. The van der Waals surface area contributed by atoms with E-state index in [4.69, 9.17) is 11.6 Å². The zero-order valence-corrected chi connectivity index (χ0v) is 24.2. The van der Waals surface area contributed by atoms with Crippen molar-refractivity contribution in [3.8, 4) is 22.4 Å². The van der Waals surface area contributed by atoms with Gasteiger partial charge in [0.1, 0.15) is 5.82 Å². The number of aromatic nitrogens is 2. The Bertz CT molecular complexity index is 1490. The Labute approximate surface area is 232 Å². The van der Waals surface area contributed by atoms with E-state index in [9.17, 15) is 4.39 Å². The average molecular weight is 589 g/mol. The summed E-state index contributed by atoms with van der Waals surface area (Å²) in [5.41, 5.74) is 3.64. The van der Waals surface area contributed by atoms with Crippen LogP contribution in [0.2, 0.25) is 5.02 Å². The minimum atomic E-state index is -1.46. The van der Waals surface area contributed by atoms with Crippen molar-refractivity contribution in [2.75, 3.05) is 0 Å². The number of nitrogens with zero attached hydrogens (tertiary/aromatic N) is 2. The molecule has 1 radical (unpaired) electrons. The van der Waals surface area contributed by atoms with Crippen LogP contribution in [-0.2, 0) is 5.54 Å². The fourth-order valence-electron chi connectivity index (χ4n) is 4.79. The van der Waals surface area contributed by atoms with Crippen LogP contribution in [-0.4, -0.2) is 18.3 Å². The summed E-state index contributed by atoms with van der Waals surface area (Å²) < 4.78 is 17.7. The van der Waals surface area contributed by atoms with Gasteiger partial charge in [0.25, 0.3) is 0 Å². The van der Waals surface area contributed by atoms with Crippen LogP contribution in [0.1, 0.15) is 20.8 Å². The normalized spacial score (nSPS) is 11.8. The third kappa shape index (κ3) is 4.96. The highest BCUT2D eigenvalue weighted by atomic mass is 79.9. The van der Waals surface area contributed by atoms with Gasteiger partial charge in [0, 0.05) is 38.8 Å². The predicted octanol–water partition coefficient (Wildman–Crippen LogP) is 7.04. The Hall–Kier alpha value is -2.99. The molecule has 37 heavy (non-hydrogen) atoms.